The molecule has 1 unspecified atom stereocenters. The van der Waals surface area contributed by atoms with Crippen LogP contribution in [0.2, 0.25) is 5.02 Å². The predicted molar refractivity (Wildman–Crippen MR) is 79.0 cm³/mol. The molecule has 5 nitrogen and oxygen atoms in total. The molecule has 0 bridgehead atoms. The molecule has 21 heavy (non-hydrogen) atoms. The van der Waals surface area contributed by atoms with E-state index in [2.05, 4.69) is 0 Å². The van der Waals surface area contributed by atoms with Gasteiger partial charge in [-0.1, -0.05) is 23.7 Å². The molecule has 0 fully saturated rings. The van der Waals surface area contributed by atoms with Gasteiger partial charge in [-0.15, -0.1) is 0 Å². The molecule has 2 aromatic rings. The fourth-order valence-corrected chi connectivity index (χ4v) is 3.08. The third-order valence-corrected chi connectivity index (χ3v) is 4.46. The number of hydrogen-bond acceptors (Lipinski definition) is 4. The van der Waals surface area contributed by atoms with E-state index in [-0.39, 0.29) is 16.3 Å². The zero-order valence-electron chi connectivity index (χ0n) is 10.6. The molecule has 2 N–H and O–H groups in total. The van der Waals surface area contributed by atoms with E-state index in [0.29, 0.717) is 10.6 Å². The molecule has 8 heteroatoms. The Labute approximate surface area is 127 Å². The molecule has 110 valence electrons. The van der Waals surface area contributed by atoms with Crippen molar-refractivity contribution in [2.24, 2.45) is 0 Å². The van der Waals surface area contributed by atoms with Crippen LogP contribution in [0.25, 0.3) is 0 Å². The molecule has 0 aliphatic carbocycles. The van der Waals surface area contributed by atoms with Crippen molar-refractivity contribution < 1.29 is 13.5 Å². The number of nitro benzene ring substituents is 1. The minimum absolute atomic E-state index is 0.00970. The van der Waals surface area contributed by atoms with Crippen LogP contribution in [0.4, 0.5) is 15.8 Å². The van der Waals surface area contributed by atoms with Gasteiger partial charge in [0, 0.05) is 16.5 Å². The van der Waals surface area contributed by atoms with Crippen LogP contribution in [0.5, 0.6) is 0 Å². The number of nitrogens with two attached hydrogens (primary N) is 1. The van der Waals surface area contributed by atoms with Gasteiger partial charge in [0.2, 0.25) is 5.82 Å². The zero-order chi connectivity index (χ0) is 15.6. The summed E-state index contributed by atoms with van der Waals surface area (Å²) in [7, 11) is -1.59. The molecule has 2 aromatic carbocycles. The summed E-state index contributed by atoms with van der Waals surface area (Å²) in [4.78, 5) is 10.2. The Bertz CT molecular complexity index is 739. The molecule has 0 spiro atoms. The van der Waals surface area contributed by atoms with Crippen LogP contribution in [-0.2, 0) is 16.6 Å². The largest absolute Gasteiger partial charge is 0.398 e. The van der Waals surface area contributed by atoms with E-state index in [1.165, 1.54) is 30.3 Å². The van der Waals surface area contributed by atoms with Crippen LogP contribution >= 0.6 is 11.6 Å². The van der Waals surface area contributed by atoms with Gasteiger partial charge in [0.1, 0.15) is 0 Å². The van der Waals surface area contributed by atoms with Crippen molar-refractivity contribution in [3.8, 4) is 0 Å². The molecule has 0 aliphatic heterocycles. The number of nitrogen functional groups attached to an aromatic ring is 1. The molecule has 0 amide bonds. The summed E-state index contributed by atoms with van der Waals surface area (Å²) < 4.78 is 26.1. The van der Waals surface area contributed by atoms with Crippen LogP contribution in [0.3, 0.4) is 0 Å². The number of benzene rings is 2. The lowest BCUT2D eigenvalue weighted by molar-refractivity contribution is -0.387. The van der Waals surface area contributed by atoms with Crippen molar-refractivity contribution in [1.29, 1.82) is 0 Å². The van der Waals surface area contributed by atoms with E-state index in [1.807, 2.05) is 0 Å². The molecule has 0 saturated heterocycles. The van der Waals surface area contributed by atoms with Crippen LogP contribution in [0.1, 0.15) is 5.56 Å². The first-order valence-corrected chi connectivity index (χ1v) is 7.45. The summed E-state index contributed by atoms with van der Waals surface area (Å²) in [5, 5.41) is 10.9. The molecule has 0 radical (unpaired) electrons. The Morgan fingerprint density at radius 1 is 1.33 bits per heavy atom. The van der Waals surface area contributed by atoms with Gasteiger partial charge in [-0.25, -0.2) is 0 Å². The van der Waals surface area contributed by atoms with Crippen molar-refractivity contribution >= 4 is 33.8 Å². The Hall–Kier alpha value is -1.99. The molecule has 1 atom stereocenters. The van der Waals surface area contributed by atoms with Gasteiger partial charge in [0.05, 0.1) is 32.2 Å². The summed E-state index contributed by atoms with van der Waals surface area (Å²) in [6, 6.07) is 8.22. The number of nitro groups is 1. The highest BCUT2D eigenvalue weighted by Crippen LogP contribution is 2.25. The van der Waals surface area contributed by atoms with Crippen LogP contribution in [0.15, 0.2) is 41.3 Å². The second kappa shape index (κ2) is 6.19. The molecular formula is C13H10ClFN2O3S. The van der Waals surface area contributed by atoms with Crippen molar-refractivity contribution in [1.82, 2.24) is 0 Å². The lowest BCUT2D eigenvalue weighted by atomic mass is 10.2. The SMILES string of the molecule is Nc1ccc(S(=O)Cc2cccc([N+](=O)[O-])c2F)cc1Cl. The summed E-state index contributed by atoms with van der Waals surface area (Å²) in [6.07, 6.45) is 0. The number of rotatable bonds is 4. The normalized spacial score (nSPS) is 12.1. The van der Waals surface area contributed by atoms with Crippen molar-refractivity contribution in [3.63, 3.8) is 0 Å². The quantitative estimate of drug-likeness (QED) is 0.530. The molecule has 0 aliphatic rings. The summed E-state index contributed by atoms with van der Waals surface area (Å²) >= 11 is 5.84. The Balaban J connectivity index is 2.29. The zero-order valence-corrected chi connectivity index (χ0v) is 12.2. The first kappa shape index (κ1) is 15.4. The second-order valence-electron chi connectivity index (χ2n) is 4.18. The first-order valence-electron chi connectivity index (χ1n) is 5.75. The smallest absolute Gasteiger partial charge is 0.305 e. The Morgan fingerprint density at radius 2 is 2.05 bits per heavy atom. The Kier molecular flexibility index (Phi) is 4.54. The predicted octanol–water partition coefficient (Wildman–Crippen LogP) is 3.28. The van der Waals surface area contributed by atoms with Gasteiger partial charge >= 0.3 is 5.69 Å². The summed E-state index contributed by atoms with van der Waals surface area (Å²) in [5.41, 5.74) is 5.27. The maximum Gasteiger partial charge on any atom is 0.305 e. The molecular weight excluding hydrogens is 319 g/mol. The fourth-order valence-electron chi connectivity index (χ4n) is 1.69. The third kappa shape index (κ3) is 3.37. The van der Waals surface area contributed by atoms with Gasteiger partial charge < -0.3 is 5.73 Å². The van der Waals surface area contributed by atoms with E-state index in [0.717, 1.165) is 6.07 Å². The van der Waals surface area contributed by atoms with Crippen molar-refractivity contribution in [3.05, 3.63) is 62.9 Å². The number of anilines is 1. The lowest BCUT2D eigenvalue weighted by Gasteiger charge is -2.06. The highest BCUT2D eigenvalue weighted by molar-refractivity contribution is 7.84. The first-order chi connectivity index (χ1) is 9.90. The van der Waals surface area contributed by atoms with E-state index in [9.17, 15) is 18.7 Å². The van der Waals surface area contributed by atoms with Gasteiger partial charge in [-0.05, 0) is 18.2 Å². The molecule has 0 heterocycles. The maximum atomic E-state index is 13.9. The number of nitrogens with zero attached hydrogens (tertiary/aromatic N) is 1. The average Bonchev–Trinajstić information content (AvgIpc) is 2.43. The Morgan fingerprint density at radius 3 is 2.67 bits per heavy atom. The topological polar surface area (TPSA) is 86.2 Å². The van der Waals surface area contributed by atoms with E-state index < -0.39 is 27.2 Å². The highest BCUT2D eigenvalue weighted by Gasteiger charge is 2.19. The van der Waals surface area contributed by atoms with Gasteiger partial charge in [0.25, 0.3) is 0 Å². The molecule has 0 aromatic heterocycles. The fraction of sp³-hybridized carbons (Fsp3) is 0.0769. The summed E-state index contributed by atoms with van der Waals surface area (Å²) in [6.45, 7) is 0. The van der Waals surface area contributed by atoms with E-state index in [1.54, 1.807) is 0 Å². The minimum Gasteiger partial charge on any atom is -0.398 e. The summed E-state index contributed by atoms with van der Waals surface area (Å²) in [5.74, 6) is -1.16. The molecule has 2 rings (SSSR count). The number of halogens is 2. The minimum atomic E-state index is -1.59. The standard InChI is InChI=1S/C13H10ClFN2O3S/c14-10-6-9(4-5-11(10)16)21(20)7-8-2-1-3-12(13(8)15)17(18)19/h1-6H,7,16H2. The molecule has 0 saturated carbocycles. The number of hydrogen-bond donors (Lipinski definition) is 1. The van der Waals surface area contributed by atoms with E-state index >= 15 is 0 Å². The average molecular weight is 329 g/mol. The van der Waals surface area contributed by atoms with Crippen molar-refractivity contribution in [2.45, 2.75) is 10.6 Å². The van der Waals surface area contributed by atoms with Gasteiger partial charge in [0.15, 0.2) is 0 Å². The van der Waals surface area contributed by atoms with Crippen molar-refractivity contribution in [2.75, 3.05) is 5.73 Å². The lowest BCUT2D eigenvalue weighted by Crippen LogP contribution is -2.02. The highest BCUT2D eigenvalue weighted by atomic mass is 35.5. The second-order valence-corrected chi connectivity index (χ2v) is 6.04. The van der Waals surface area contributed by atoms with Crippen LogP contribution in [-0.4, -0.2) is 9.13 Å². The van der Waals surface area contributed by atoms with Crippen LogP contribution < -0.4 is 5.73 Å². The maximum absolute atomic E-state index is 13.9. The monoisotopic (exact) mass is 328 g/mol. The van der Waals surface area contributed by atoms with Crippen LogP contribution in [0, 0.1) is 15.9 Å². The van der Waals surface area contributed by atoms with E-state index in [4.69, 9.17) is 17.3 Å². The van der Waals surface area contributed by atoms with Gasteiger partial charge in [-0.3, -0.25) is 14.3 Å². The third-order valence-electron chi connectivity index (χ3n) is 2.78. The van der Waals surface area contributed by atoms with Gasteiger partial charge in [-0.2, -0.15) is 4.39 Å².